The molecule has 0 saturated heterocycles. The summed E-state index contributed by atoms with van der Waals surface area (Å²) in [7, 11) is 0. The van der Waals surface area contributed by atoms with E-state index in [-0.39, 0.29) is 11.6 Å². The Balaban J connectivity index is 2.25. The van der Waals surface area contributed by atoms with Crippen LogP contribution in [0.2, 0.25) is 5.02 Å². The minimum Gasteiger partial charge on any atom is -0.389 e. The highest BCUT2D eigenvalue weighted by molar-refractivity contribution is 6.36. The van der Waals surface area contributed by atoms with E-state index in [2.05, 4.69) is 15.6 Å². The van der Waals surface area contributed by atoms with Crippen molar-refractivity contribution in [2.75, 3.05) is 11.9 Å². The SMILES string of the molecule is CCNC=C1N=C(c2ccccc2Cl)c2cc(F)ccc2NC1=O. The number of amides is 1. The van der Waals surface area contributed by atoms with E-state index in [1.807, 2.05) is 13.0 Å². The Kier molecular flexibility index (Phi) is 4.62. The summed E-state index contributed by atoms with van der Waals surface area (Å²) >= 11 is 6.29. The van der Waals surface area contributed by atoms with E-state index in [1.54, 1.807) is 18.2 Å². The van der Waals surface area contributed by atoms with Gasteiger partial charge in [-0.1, -0.05) is 29.8 Å². The van der Waals surface area contributed by atoms with Crippen molar-refractivity contribution in [2.45, 2.75) is 6.92 Å². The van der Waals surface area contributed by atoms with E-state index < -0.39 is 5.82 Å². The summed E-state index contributed by atoms with van der Waals surface area (Å²) in [6.07, 6.45) is 1.54. The smallest absolute Gasteiger partial charge is 0.275 e. The third kappa shape index (κ3) is 3.16. The Morgan fingerprint density at radius 1 is 1.25 bits per heavy atom. The first-order chi connectivity index (χ1) is 11.6. The fraction of sp³-hybridized carbons (Fsp3) is 0.111. The largest absolute Gasteiger partial charge is 0.389 e. The molecule has 0 bridgehead atoms. The molecule has 2 aromatic rings. The van der Waals surface area contributed by atoms with Crippen LogP contribution in [-0.2, 0) is 4.79 Å². The lowest BCUT2D eigenvalue weighted by molar-refractivity contribution is -0.112. The van der Waals surface area contributed by atoms with Crippen molar-refractivity contribution < 1.29 is 9.18 Å². The van der Waals surface area contributed by atoms with E-state index >= 15 is 0 Å². The van der Waals surface area contributed by atoms with Gasteiger partial charge in [0.05, 0.1) is 11.4 Å². The lowest BCUT2D eigenvalue weighted by Crippen LogP contribution is -2.15. The molecule has 0 aliphatic carbocycles. The van der Waals surface area contributed by atoms with Crippen LogP contribution in [0.1, 0.15) is 18.1 Å². The highest BCUT2D eigenvalue weighted by Gasteiger charge is 2.23. The molecule has 6 heteroatoms. The van der Waals surface area contributed by atoms with Gasteiger partial charge in [-0.05, 0) is 31.2 Å². The first-order valence-electron chi connectivity index (χ1n) is 7.48. The van der Waals surface area contributed by atoms with Crippen molar-refractivity contribution in [2.24, 2.45) is 4.99 Å². The molecule has 4 nitrogen and oxygen atoms in total. The number of carbonyl (C=O) groups is 1. The summed E-state index contributed by atoms with van der Waals surface area (Å²) < 4.78 is 13.8. The summed E-state index contributed by atoms with van der Waals surface area (Å²) in [6.45, 7) is 2.56. The number of rotatable bonds is 3. The molecule has 0 atom stereocenters. The quantitative estimate of drug-likeness (QED) is 0.834. The molecule has 0 fully saturated rings. The highest BCUT2D eigenvalue weighted by Crippen LogP contribution is 2.28. The molecule has 122 valence electrons. The van der Waals surface area contributed by atoms with Gasteiger partial charge in [-0.25, -0.2) is 9.38 Å². The van der Waals surface area contributed by atoms with E-state index in [9.17, 15) is 9.18 Å². The topological polar surface area (TPSA) is 53.5 Å². The van der Waals surface area contributed by atoms with Gasteiger partial charge in [0.1, 0.15) is 11.5 Å². The van der Waals surface area contributed by atoms with Gasteiger partial charge < -0.3 is 10.6 Å². The molecule has 0 saturated carbocycles. The van der Waals surface area contributed by atoms with Crippen LogP contribution >= 0.6 is 11.6 Å². The second-order valence-corrected chi connectivity index (χ2v) is 5.58. The van der Waals surface area contributed by atoms with E-state index in [0.717, 1.165) is 0 Å². The molecular formula is C18H15ClFN3O. The van der Waals surface area contributed by atoms with Gasteiger partial charge in [-0.3, -0.25) is 4.79 Å². The fourth-order valence-electron chi connectivity index (χ4n) is 2.39. The Morgan fingerprint density at radius 2 is 2.04 bits per heavy atom. The van der Waals surface area contributed by atoms with Gasteiger partial charge in [0.2, 0.25) is 0 Å². The van der Waals surface area contributed by atoms with E-state index in [0.29, 0.717) is 34.1 Å². The van der Waals surface area contributed by atoms with Gasteiger partial charge in [-0.2, -0.15) is 0 Å². The Bertz CT molecular complexity index is 861. The van der Waals surface area contributed by atoms with Crippen molar-refractivity contribution in [3.8, 4) is 0 Å². The molecule has 1 aliphatic rings. The summed E-state index contributed by atoms with van der Waals surface area (Å²) in [4.78, 5) is 16.8. The van der Waals surface area contributed by atoms with Crippen molar-refractivity contribution in [1.82, 2.24) is 5.32 Å². The fourth-order valence-corrected chi connectivity index (χ4v) is 2.62. The van der Waals surface area contributed by atoms with Crippen molar-refractivity contribution in [1.29, 1.82) is 0 Å². The standard InChI is InChI=1S/C18H15ClFN3O/c1-2-21-10-16-18(24)23-15-8-7-11(20)9-13(15)17(22-16)12-5-3-4-6-14(12)19/h3-10,21H,2H2,1H3,(H,23,24). The number of aliphatic imine (C=N–C) groups is 1. The zero-order valence-electron chi connectivity index (χ0n) is 12.9. The zero-order chi connectivity index (χ0) is 17.1. The minimum atomic E-state index is -0.415. The lowest BCUT2D eigenvalue weighted by Gasteiger charge is -2.10. The maximum atomic E-state index is 13.8. The van der Waals surface area contributed by atoms with Crippen molar-refractivity contribution in [3.05, 3.63) is 76.3 Å². The average molecular weight is 344 g/mol. The van der Waals surface area contributed by atoms with Crippen LogP contribution in [0.5, 0.6) is 0 Å². The molecule has 0 unspecified atom stereocenters. The highest BCUT2D eigenvalue weighted by atomic mass is 35.5. The van der Waals surface area contributed by atoms with Gasteiger partial charge in [-0.15, -0.1) is 0 Å². The molecule has 2 aromatic carbocycles. The monoisotopic (exact) mass is 343 g/mol. The summed E-state index contributed by atoms with van der Waals surface area (Å²) in [5.74, 6) is -0.785. The number of halogens is 2. The Labute approximate surface area is 144 Å². The van der Waals surface area contributed by atoms with Crippen molar-refractivity contribution >= 4 is 28.9 Å². The summed E-state index contributed by atoms with van der Waals surface area (Å²) in [6, 6.07) is 11.3. The van der Waals surface area contributed by atoms with Crippen LogP contribution < -0.4 is 10.6 Å². The first kappa shape index (κ1) is 16.2. The number of anilines is 1. The van der Waals surface area contributed by atoms with Crippen LogP contribution in [0.3, 0.4) is 0 Å². The first-order valence-corrected chi connectivity index (χ1v) is 7.86. The van der Waals surface area contributed by atoms with Crippen LogP contribution in [-0.4, -0.2) is 18.2 Å². The maximum absolute atomic E-state index is 13.8. The molecule has 2 N–H and O–H groups in total. The van der Waals surface area contributed by atoms with Crippen LogP contribution in [0.4, 0.5) is 10.1 Å². The predicted molar refractivity (Wildman–Crippen MR) is 93.9 cm³/mol. The predicted octanol–water partition coefficient (Wildman–Crippen LogP) is 3.72. The molecule has 1 heterocycles. The Morgan fingerprint density at radius 3 is 2.79 bits per heavy atom. The van der Waals surface area contributed by atoms with E-state index in [4.69, 9.17) is 11.6 Å². The number of benzene rings is 2. The minimum absolute atomic E-state index is 0.198. The molecule has 0 spiro atoms. The van der Waals surface area contributed by atoms with Gasteiger partial charge in [0.25, 0.3) is 5.91 Å². The lowest BCUT2D eigenvalue weighted by atomic mass is 10.0. The molecule has 3 rings (SSSR count). The normalized spacial score (nSPS) is 15.4. The number of nitrogens with one attached hydrogen (secondary N) is 2. The summed E-state index contributed by atoms with van der Waals surface area (Å²) in [5.41, 5.74) is 2.24. The van der Waals surface area contributed by atoms with Crippen molar-refractivity contribution in [3.63, 3.8) is 0 Å². The number of benzodiazepines with no additional fused rings is 1. The molecule has 1 amide bonds. The third-order valence-electron chi connectivity index (χ3n) is 3.52. The van der Waals surface area contributed by atoms with Gasteiger partial charge >= 0.3 is 0 Å². The second-order valence-electron chi connectivity index (χ2n) is 5.17. The number of hydrogen-bond acceptors (Lipinski definition) is 3. The van der Waals surface area contributed by atoms with Crippen LogP contribution in [0.15, 0.2) is 59.4 Å². The van der Waals surface area contributed by atoms with Gasteiger partial charge in [0.15, 0.2) is 0 Å². The van der Waals surface area contributed by atoms with Crippen LogP contribution in [0.25, 0.3) is 0 Å². The second kappa shape index (κ2) is 6.84. The number of carbonyl (C=O) groups excluding carboxylic acids is 1. The number of fused-ring (bicyclic) bond motifs is 1. The number of nitrogens with zero attached hydrogens (tertiary/aromatic N) is 1. The molecule has 0 radical (unpaired) electrons. The Hall–Kier alpha value is -2.66. The average Bonchev–Trinajstić information content (AvgIpc) is 2.70. The number of hydrogen-bond donors (Lipinski definition) is 2. The zero-order valence-corrected chi connectivity index (χ0v) is 13.7. The molecule has 0 aromatic heterocycles. The van der Waals surface area contributed by atoms with Gasteiger partial charge in [0, 0.05) is 28.9 Å². The van der Waals surface area contributed by atoms with E-state index in [1.165, 1.54) is 24.4 Å². The third-order valence-corrected chi connectivity index (χ3v) is 3.85. The van der Waals surface area contributed by atoms with Crippen LogP contribution in [0, 0.1) is 5.82 Å². The molecular weight excluding hydrogens is 329 g/mol. The maximum Gasteiger partial charge on any atom is 0.275 e. The summed E-state index contributed by atoms with van der Waals surface area (Å²) in [5, 5.41) is 6.20. The molecule has 24 heavy (non-hydrogen) atoms. The molecule has 1 aliphatic heterocycles.